The molecule has 1 aromatic heterocycles. The summed E-state index contributed by atoms with van der Waals surface area (Å²) in [5.41, 5.74) is 2.37. The third-order valence-corrected chi connectivity index (χ3v) is 4.49. The molecule has 0 saturated carbocycles. The van der Waals surface area contributed by atoms with Crippen molar-refractivity contribution in [3.05, 3.63) is 99.3 Å². The molecule has 2 aromatic carbocycles. The van der Waals surface area contributed by atoms with E-state index in [-0.39, 0.29) is 17.5 Å². The minimum Gasteiger partial charge on any atom is -0.348 e. The standard InChI is InChI=1S/C21H17Cl2N3O2/c22-17-5-1-14(2-6-17)12-25-20(27)16-9-10-24-19(11-16)21(28)26-13-15-3-7-18(23)8-4-15/h1-11H,12-13H2,(H,25,27)(H,26,28). The Morgan fingerprint density at radius 1 is 0.750 bits per heavy atom. The molecule has 3 aromatic rings. The van der Waals surface area contributed by atoms with Crippen LogP contribution in [0.2, 0.25) is 10.0 Å². The Labute approximate surface area is 172 Å². The summed E-state index contributed by atoms with van der Waals surface area (Å²) in [6.45, 7) is 0.696. The van der Waals surface area contributed by atoms with Crippen LogP contribution in [-0.4, -0.2) is 16.8 Å². The first-order valence-electron chi connectivity index (χ1n) is 8.52. The quantitative estimate of drug-likeness (QED) is 0.634. The average molecular weight is 414 g/mol. The van der Waals surface area contributed by atoms with Crippen molar-refractivity contribution < 1.29 is 9.59 Å². The maximum absolute atomic E-state index is 12.4. The zero-order chi connectivity index (χ0) is 19.9. The van der Waals surface area contributed by atoms with E-state index in [1.54, 1.807) is 30.3 Å². The van der Waals surface area contributed by atoms with Gasteiger partial charge in [-0.3, -0.25) is 14.6 Å². The fraction of sp³-hybridized carbons (Fsp3) is 0.0952. The average Bonchev–Trinajstić information content (AvgIpc) is 2.72. The van der Waals surface area contributed by atoms with Crippen molar-refractivity contribution >= 4 is 35.0 Å². The normalized spacial score (nSPS) is 10.4. The van der Waals surface area contributed by atoms with Crippen molar-refractivity contribution in [2.45, 2.75) is 13.1 Å². The molecule has 0 aliphatic carbocycles. The maximum Gasteiger partial charge on any atom is 0.270 e. The van der Waals surface area contributed by atoms with Crippen molar-refractivity contribution in [1.82, 2.24) is 15.6 Å². The third kappa shape index (κ3) is 5.55. The molecule has 2 N–H and O–H groups in total. The summed E-state index contributed by atoms with van der Waals surface area (Å²) in [6.07, 6.45) is 1.44. The van der Waals surface area contributed by atoms with Gasteiger partial charge in [0.25, 0.3) is 11.8 Å². The van der Waals surface area contributed by atoms with Gasteiger partial charge >= 0.3 is 0 Å². The van der Waals surface area contributed by atoms with Crippen LogP contribution >= 0.6 is 23.2 Å². The summed E-state index contributed by atoms with van der Waals surface area (Å²) < 4.78 is 0. The number of aromatic nitrogens is 1. The molecule has 0 fully saturated rings. The number of pyridine rings is 1. The zero-order valence-electron chi connectivity index (χ0n) is 14.8. The van der Waals surface area contributed by atoms with Crippen LogP contribution in [0.3, 0.4) is 0 Å². The van der Waals surface area contributed by atoms with E-state index in [0.717, 1.165) is 11.1 Å². The predicted molar refractivity (Wildman–Crippen MR) is 109 cm³/mol. The van der Waals surface area contributed by atoms with E-state index in [9.17, 15) is 9.59 Å². The Kier molecular flexibility index (Phi) is 6.63. The minimum atomic E-state index is -0.359. The SMILES string of the molecule is O=C(NCc1ccc(Cl)cc1)c1ccnc(C(=O)NCc2ccc(Cl)cc2)c1. The molecule has 7 heteroatoms. The van der Waals surface area contributed by atoms with Gasteiger partial charge < -0.3 is 10.6 Å². The van der Waals surface area contributed by atoms with Gasteiger partial charge in [-0.25, -0.2) is 0 Å². The van der Waals surface area contributed by atoms with Crippen LogP contribution in [0, 0.1) is 0 Å². The Bertz CT molecular complexity index is 897. The van der Waals surface area contributed by atoms with Gasteiger partial charge in [0.15, 0.2) is 0 Å². The molecule has 28 heavy (non-hydrogen) atoms. The van der Waals surface area contributed by atoms with Gasteiger partial charge in [0.05, 0.1) is 0 Å². The Hall–Kier alpha value is -2.89. The molecule has 0 spiro atoms. The Balaban J connectivity index is 1.58. The summed E-state index contributed by atoms with van der Waals surface area (Å²) in [7, 11) is 0. The third-order valence-electron chi connectivity index (χ3n) is 3.99. The van der Waals surface area contributed by atoms with Gasteiger partial charge in [-0.2, -0.15) is 0 Å². The number of hydrogen-bond acceptors (Lipinski definition) is 3. The predicted octanol–water partition coefficient (Wildman–Crippen LogP) is 4.25. The van der Waals surface area contributed by atoms with E-state index in [2.05, 4.69) is 15.6 Å². The van der Waals surface area contributed by atoms with Crippen LogP contribution < -0.4 is 10.6 Å². The first kappa shape index (κ1) is 19.9. The van der Waals surface area contributed by atoms with E-state index in [4.69, 9.17) is 23.2 Å². The van der Waals surface area contributed by atoms with Crippen molar-refractivity contribution in [3.63, 3.8) is 0 Å². The van der Waals surface area contributed by atoms with Gasteiger partial charge in [-0.1, -0.05) is 47.5 Å². The lowest BCUT2D eigenvalue weighted by atomic mass is 10.2. The van der Waals surface area contributed by atoms with Gasteiger partial charge in [-0.15, -0.1) is 0 Å². The molecule has 0 aliphatic rings. The molecule has 5 nitrogen and oxygen atoms in total. The van der Waals surface area contributed by atoms with Crippen LogP contribution in [0.1, 0.15) is 32.0 Å². The highest BCUT2D eigenvalue weighted by Gasteiger charge is 2.12. The number of nitrogens with one attached hydrogen (secondary N) is 2. The summed E-state index contributed by atoms with van der Waals surface area (Å²) in [6, 6.07) is 17.4. The van der Waals surface area contributed by atoms with E-state index in [1.807, 2.05) is 24.3 Å². The lowest BCUT2D eigenvalue weighted by Gasteiger charge is -2.08. The minimum absolute atomic E-state index is 0.174. The summed E-state index contributed by atoms with van der Waals surface area (Å²) in [5.74, 6) is -0.647. The van der Waals surface area contributed by atoms with Gasteiger partial charge in [-0.05, 0) is 47.5 Å². The number of carbonyl (C=O) groups is 2. The van der Waals surface area contributed by atoms with Gasteiger partial charge in [0.2, 0.25) is 0 Å². The molecule has 142 valence electrons. The molecule has 2 amide bonds. The first-order valence-corrected chi connectivity index (χ1v) is 9.28. The topological polar surface area (TPSA) is 71.1 Å². The number of nitrogens with zero attached hydrogens (tertiary/aromatic N) is 1. The largest absolute Gasteiger partial charge is 0.348 e. The number of benzene rings is 2. The molecule has 3 rings (SSSR count). The summed E-state index contributed by atoms with van der Waals surface area (Å²) in [4.78, 5) is 28.7. The second-order valence-electron chi connectivity index (χ2n) is 6.05. The lowest BCUT2D eigenvalue weighted by molar-refractivity contribution is 0.0946. The molecule has 0 aliphatic heterocycles. The monoisotopic (exact) mass is 413 g/mol. The van der Waals surface area contributed by atoms with Crippen LogP contribution in [0.15, 0.2) is 66.9 Å². The molecule has 0 atom stereocenters. The van der Waals surface area contributed by atoms with Crippen LogP contribution in [0.25, 0.3) is 0 Å². The number of carbonyl (C=O) groups excluding carboxylic acids is 2. The molecule has 1 heterocycles. The molecular weight excluding hydrogens is 397 g/mol. The fourth-order valence-electron chi connectivity index (χ4n) is 2.46. The van der Waals surface area contributed by atoms with Gasteiger partial charge in [0, 0.05) is 34.9 Å². The first-order chi connectivity index (χ1) is 13.5. The number of amides is 2. The van der Waals surface area contributed by atoms with Crippen LogP contribution in [-0.2, 0) is 13.1 Å². The van der Waals surface area contributed by atoms with Crippen LogP contribution in [0.4, 0.5) is 0 Å². The van der Waals surface area contributed by atoms with Crippen LogP contribution in [0.5, 0.6) is 0 Å². The smallest absolute Gasteiger partial charge is 0.270 e. The van der Waals surface area contributed by atoms with Crippen molar-refractivity contribution in [1.29, 1.82) is 0 Å². The molecule has 0 unspecified atom stereocenters. The molecule has 0 saturated heterocycles. The van der Waals surface area contributed by atoms with E-state index >= 15 is 0 Å². The number of rotatable bonds is 6. The highest BCUT2D eigenvalue weighted by molar-refractivity contribution is 6.30. The lowest BCUT2D eigenvalue weighted by Crippen LogP contribution is -2.26. The Morgan fingerprint density at radius 2 is 1.25 bits per heavy atom. The van der Waals surface area contributed by atoms with E-state index < -0.39 is 0 Å². The van der Waals surface area contributed by atoms with E-state index in [0.29, 0.717) is 28.7 Å². The van der Waals surface area contributed by atoms with Crippen molar-refractivity contribution in [2.24, 2.45) is 0 Å². The summed E-state index contributed by atoms with van der Waals surface area (Å²) >= 11 is 11.7. The maximum atomic E-state index is 12.4. The van der Waals surface area contributed by atoms with Crippen molar-refractivity contribution in [2.75, 3.05) is 0 Å². The highest BCUT2D eigenvalue weighted by Crippen LogP contribution is 2.11. The summed E-state index contributed by atoms with van der Waals surface area (Å²) in [5, 5.41) is 6.86. The number of halogens is 2. The fourth-order valence-corrected chi connectivity index (χ4v) is 2.71. The second kappa shape index (κ2) is 9.35. The zero-order valence-corrected chi connectivity index (χ0v) is 16.3. The molecular formula is C21H17Cl2N3O2. The van der Waals surface area contributed by atoms with Crippen molar-refractivity contribution in [3.8, 4) is 0 Å². The van der Waals surface area contributed by atoms with E-state index in [1.165, 1.54) is 12.3 Å². The molecule has 0 radical (unpaired) electrons. The number of hydrogen-bond donors (Lipinski definition) is 2. The Morgan fingerprint density at radius 3 is 1.79 bits per heavy atom. The second-order valence-corrected chi connectivity index (χ2v) is 6.92. The molecule has 0 bridgehead atoms. The highest BCUT2D eigenvalue weighted by atomic mass is 35.5. The van der Waals surface area contributed by atoms with Gasteiger partial charge in [0.1, 0.15) is 5.69 Å².